The van der Waals surface area contributed by atoms with Crippen LogP contribution in [-0.2, 0) is 11.2 Å². The van der Waals surface area contributed by atoms with E-state index in [1.165, 1.54) is 0 Å². The van der Waals surface area contributed by atoms with Crippen LogP contribution >= 0.6 is 11.6 Å². The number of rotatable bonds is 1. The van der Waals surface area contributed by atoms with Crippen molar-refractivity contribution in [2.45, 2.75) is 19.8 Å². The molecule has 0 aliphatic carbocycles. The van der Waals surface area contributed by atoms with Gasteiger partial charge in [0.05, 0.1) is 16.9 Å². The lowest BCUT2D eigenvalue weighted by molar-refractivity contribution is -0.116. The molecule has 0 atom stereocenters. The number of halogens is 1. The number of nitrogens with zero attached hydrogens (tertiary/aromatic N) is 1. The predicted octanol–water partition coefficient (Wildman–Crippen LogP) is 2.92. The molecule has 0 fully saturated rings. The van der Waals surface area contributed by atoms with Crippen LogP contribution in [0.3, 0.4) is 0 Å². The van der Waals surface area contributed by atoms with E-state index >= 15 is 0 Å². The number of aromatic amines is 1. The summed E-state index contributed by atoms with van der Waals surface area (Å²) in [4.78, 5) is 18.7. The molecule has 0 saturated heterocycles. The Kier molecular flexibility index (Phi) is 2.59. The number of hydrogen-bond donors (Lipinski definition) is 2. The van der Waals surface area contributed by atoms with Crippen LogP contribution in [0.5, 0.6) is 0 Å². The molecule has 0 unspecified atom stereocenters. The highest BCUT2D eigenvalue weighted by atomic mass is 35.5. The first-order valence-electron chi connectivity index (χ1n) is 5.78. The molecule has 2 N–H and O–H groups in total. The average Bonchev–Trinajstić information content (AvgIpc) is 2.76. The molecule has 0 saturated carbocycles. The second-order valence-corrected chi connectivity index (χ2v) is 4.76. The molecule has 1 aliphatic rings. The van der Waals surface area contributed by atoms with Gasteiger partial charge >= 0.3 is 0 Å². The molecule has 4 nitrogen and oxygen atoms in total. The van der Waals surface area contributed by atoms with Crippen molar-refractivity contribution in [3.63, 3.8) is 0 Å². The van der Waals surface area contributed by atoms with E-state index in [0.29, 0.717) is 17.9 Å². The molecule has 3 rings (SSSR count). The number of carbonyl (C=O) groups excluding carboxylic acids is 1. The fourth-order valence-electron chi connectivity index (χ4n) is 2.20. The number of imidazole rings is 1. The summed E-state index contributed by atoms with van der Waals surface area (Å²) in [6, 6.07) is 3.80. The highest BCUT2D eigenvalue weighted by Crippen LogP contribution is 2.36. The van der Waals surface area contributed by atoms with Gasteiger partial charge in [0.25, 0.3) is 0 Å². The molecule has 1 aromatic carbocycles. The third-order valence-electron chi connectivity index (χ3n) is 3.11. The first-order valence-corrected chi connectivity index (χ1v) is 6.16. The Morgan fingerprint density at radius 3 is 2.89 bits per heavy atom. The zero-order valence-electron chi connectivity index (χ0n) is 9.88. The Bertz CT molecular complexity index is 633. The van der Waals surface area contributed by atoms with Crippen LogP contribution in [0, 0.1) is 6.92 Å². The molecule has 1 amide bonds. The van der Waals surface area contributed by atoms with Gasteiger partial charge in [0.1, 0.15) is 5.82 Å². The minimum Gasteiger partial charge on any atom is -0.342 e. The van der Waals surface area contributed by atoms with E-state index < -0.39 is 0 Å². The molecule has 0 radical (unpaired) electrons. The molecule has 0 spiro atoms. The zero-order chi connectivity index (χ0) is 12.7. The number of hydrogen-bond acceptors (Lipinski definition) is 2. The Morgan fingerprint density at radius 2 is 2.17 bits per heavy atom. The maximum absolute atomic E-state index is 11.3. The summed E-state index contributed by atoms with van der Waals surface area (Å²) < 4.78 is 0. The number of benzene rings is 1. The van der Waals surface area contributed by atoms with Crippen molar-refractivity contribution < 1.29 is 4.79 Å². The van der Waals surface area contributed by atoms with Gasteiger partial charge in [-0.2, -0.15) is 0 Å². The summed E-state index contributed by atoms with van der Waals surface area (Å²) in [6.07, 6.45) is 2.93. The van der Waals surface area contributed by atoms with Gasteiger partial charge < -0.3 is 10.3 Å². The van der Waals surface area contributed by atoms with E-state index in [0.717, 1.165) is 28.3 Å². The van der Waals surface area contributed by atoms with E-state index in [1.807, 2.05) is 19.1 Å². The summed E-state index contributed by atoms with van der Waals surface area (Å²) in [5.41, 5.74) is 3.64. The highest BCUT2D eigenvalue weighted by molar-refractivity contribution is 6.34. The second kappa shape index (κ2) is 4.14. The van der Waals surface area contributed by atoms with Crippen LogP contribution in [0.4, 0.5) is 5.69 Å². The average molecular weight is 262 g/mol. The fourth-order valence-corrected chi connectivity index (χ4v) is 2.56. The molecule has 2 heterocycles. The Labute approximate surface area is 109 Å². The van der Waals surface area contributed by atoms with Crippen LogP contribution in [0.1, 0.15) is 17.8 Å². The second-order valence-electron chi connectivity index (χ2n) is 4.38. The number of nitrogens with one attached hydrogen (secondary N) is 2. The number of fused-ring (bicyclic) bond motifs is 1. The van der Waals surface area contributed by atoms with Crippen molar-refractivity contribution in [3.8, 4) is 11.3 Å². The molecule has 0 bridgehead atoms. The number of aryl methyl sites for hydroxylation is 1. The van der Waals surface area contributed by atoms with Gasteiger partial charge in [-0.25, -0.2) is 4.98 Å². The summed E-state index contributed by atoms with van der Waals surface area (Å²) in [5.74, 6) is 0.899. The van der Waals surface area contributed by atoms with Crippen LogP contribution in [0.15, 0.2) is 18.3 Å². The molecule has 1 aromatic heterocycles. The maximum Gasteiger partial charge on any atom is 0.224 e. The number of carbonyl (C=O) groups is 1. The number of anilines is 1. The highest BCUT2D eigenvalue weighted by Gasteiger charge is 2.20. The molecule has 18 heavy (non-hydrogen) atoms. The third-order valence-corrected chi connectivity index (χ3v) is 3.54. The number of amides is 1. The largest absolute Gasteiger partial charge is 0.342 e. The van der Waals surface area contributed by atoms with Crippen molar-refractivity contribution in [2.75, 3.05) is 5.32 Å². The molecular formula is C13H12ClN3O. The monoisotopic (exact) mass is 261 g/mol. The first-order chi connectivity index (χ1) is 8.65. The predicted molar refractivity (Wildman–Crippen MR) is 70.7 cm³/mol. The van der Waals surface area contributed by atoms with Gasteiger partial charge in [0.2, 0.25) is 5.91 Å². The lowest BCUT2D eigenvalue weighted by atomic mass is 9.99. The summed E-state index contributed by atoms with van der Waals surface area (Å²) in [6.45, 7) is 1.90. The van der Waals surface area contributed by atoms with Crippen molar-refractivity contribution >= 4 is 23.2 Å². The van der Waals surface area contributed by atoms with Gasteiger partial charge in [-0.3, -0.25) is 4.79 Å². The maximum atomic E-state index is 11.3. The topological polar surface area (TPSA) is 57.8 Å². The summed E-state index contributed by atoms with van der Waals surface area (Å²) >= 11 is 6.42. The van der Waals surface area contributed by atoms with E-state index in [4.69, 9.17) is 11.6 Å². The minimum atomic E-state index is 0.0451. The van der Waals surface area contributed by atoms with Crippen LogP contribution in [0.25, 0.3) is 11.3 Å². The van der Waals surface area contributed by atoms with Gasteiger partial charge in [-0.1, -0.05) is 11.6 Å². The van der Waals surface area contributed by atoms with Crippen LogP contribution in [-0.4, -0.2) is 15.9 Å². The molecule has 92 valence electrons. The molecular weight excluding hydrogens is 250 g/mol. The van der Waals surface area contributed by atoms with Crippen molar-refractivity contribution in [1.82, 2.24) is 9.97 Å². The lowest BCUT2D eigenvalue weighted by Gasteiger charge is -2.19. The van der Waals surface area contributed by atoms with E-state index in [9.17, 15) is 4.79 Å². The molecule has 1 aliphatic heterocycles. The van der Waals surface area contributed by atoms with Gasteiger partial charge in [-0.05, 0) is 31.0 Å². The minimum absolute atomic E-state index is 0.0451. The quantitative estimate of drug-likeness (QED) is 0.829. The number of H-pyrrole nitrogens is 1. The smallest absolute Gasteiger partial charge is 0.224 e. The van der Waals surface area contributed by atoms with Gasteiger partial charge in [0.15, 0.2) is 0 Å². The third kappa shape index (κ3) is 1.78. The molecule has 2 aromatic rings. The first kappa shape index (κ1) is 11.3. The van der Waals surface area contributed by atoms with Crippen LogP contribution < -0.4 is 5.32 Å². The standard InChI is InChI=1S/C13H12ClN3O/c1-7-15-6-11(16-7)9-2-4-10-8(13(9)14)3-5-12(18)17-10/h2,4,6H,3,5H2,1H3,(H,15,16)(H,17,18). The zero-order valence-corrected chi connectivity index (χ0v) is 10.6. The Morgan fingerprint density at radius 1 is 1.33 bits per heavy atom. The van der Waals surface area contributed by atoms with Crippen LogP contribution in [0.2, 0.25) is 5.02 Å². The lowest BCUT2D eigenvalue weighted by Crippen LogP contribution is -2.19. The Balaban J connectivity index is 2.11. The van der Waals surface area contributed by atoms with Crippen molar-refractivity contribution in [3.05, 3.63) is 34.7 Å². The Hall–Kier alpha value is -1.81. The van der Waals surface area contributed by atoms with E-state index in [-0.39, 0.29) is 5.91 Å². The van der Waals surface area contributed by atoms with Gasteiger partial charge in [0, 0.05) is 17.7 Å². The van der Waals surface area contributed by atoms with Crippen molar-refractivity contribution in [1.29, 1.82) is 0 Å². The summed E-state index contributed by atoms with van der Waals surface area (Å²) in [7, 11) is 0. The van der Waals surface area contributed by atoms with Gasteiger partial charge in [-0.15, -0.1) is 0 Å². The SMILES string of the molecule is Cc1ncc(-c2ccc3c(c2Cl)CCC(=O)N3)[nH]1. The van der Waals surface area contributed by atoms with E-state index in [1.54, 1.807) is 6.20 Å². The van der Waals surface area contributed by atoms with E-state index in [2.05, 4.69) is 15.3 Å². The van der Waals surface area contributed by atoms with Crippen molar-refractivity contribution in [2.24, 2.45) is 0 Å². The summed E-state index contributed by atoms with van der Waals surface area (Å²) in [5, 5.41) is 3.53. The molecule has 5 heteroatoms. The number of aromatic nitrogens is 2. The normalized spacial score (nSPS) is 14.2. The fraction of sp³-hybridized carbons (Fsp3) is 0.231.